The summed E-state index contributed by atoms with van der Waals surface area (Å²) < 4.78 is 0. The van der Waals surface area contributed by atoms with Gasteiger partial charge in [-0.05, 0) is 54.9 Å². The zero-order chi connectivity index (χ0) is 14.7. The van der Waals surface area contributed by atoms with E-state index in [0.29, 0.717) is 5.92 Å². The molecule has 4 heteroatoms. The van der Waals surface area contributed by atoms with Crippen molar-refractivity contribution >= 4 is 18.3 Å². The van der Waals surface area contributed by atoms with Gasteiger partial charge < -0.3 is 10.6 Å². The van der Waals surface area contributed by atoms with Crippen LogP contribution in [-0.2, 0) is 12.8 Å². The Kier molecular flexibility index (Phi) is 6.69. The second-order valence-electron chi connectivity index (χ2n) is 6.26. The van der Waals surface area contributed by atoms with Crippen LogP contribution in [0.2, 0.25) is 0 Å². The van der Waals surface area contributed by atoms with E-state index >= 15 is 0 Å². The average molecular weight is 311 g/mol. The van der Waals surface area contributed by atoms with Gasteiger partial charge in [0, 0.05) is 25.2 Å². The van der Waals surface area contributed by atoms with Gasteiger partial charge in [-0.25, -0.2) is 0 Å². The number of nitrogens with two attached hydrogens (primary N) is 1. The first-order valence-corrected chi connectivity index (χ1v) is 7.62. The van der Waals surface area contributed by atoms with Gasteiger partial charge in [0.15, 0.2) is 0 Å². The van der Waals surface area contributed by atoms with E-state index < -0.39 is 0 Å². The zero-order valence-corrected chi connectivity index (χ0v) is 14.1. The molecule has 0 saturated carbocycles. The molecule has 0 aliphatic heterocycles. The van der Waals surface area contributed by atoms with Crippen LogP contribution in [-0.4, -0.2) is 30.4 Å². The predicted molar refractivity (Wildman–Crippen MR) is 90.1 cm³/mol. The molecule has 3 nitrogen and oxygen atoms in total. The lowest BCUT2D eigenvalue weighted by atomic mass is 10.0. The van der Waals surface area contributed by atoms with E-state index in [0.717, 1.165) is 31.4 Å². The Morgan fingerprint density at radius 1 is 1.29 bits per heavy atom. The van der Waals surface area contributed by atoms with Crippen LogP contribution >= 0.6 is 12.4 Å². The normalized spacial score (nSPS) is 14.5. The number of amides is 1. The Hall–Kier alpha value is -1.06. The fourth-order valence-corrected chi connectivity index (χ4v) is 2.70. The van der Waals surface area contributed by atoms with Gasteiger partial charge in [-0.3, -0.25) is 4.79 Å². The third kappa shape index (κ3) is 4.45. The van der Waals surface area contributed by atoms with Crippen LogP contribution in [0.15, 0.2) is 18.2 Å². The third-order valence-electron chi connectivity index (χ3n) is 4.35. The van der Waals surface area contributed by atoms with Crippen molar-refractivity contribution in [1.29, 1.82) is 0 Å². The second-order valence-corrected chi connectivity index (χ2v) is 6.26. The predicted octanol–water partition coefficient (Wildman–Crippen LogP) is 3.04. The summed E-state index contributed by atoms with van der Waals surface area (Å²) in [4.78, 5) is 14.2. The van der Waals surface area contributed by atoms with Gasteiger partial charge in [0.05, 0.1) is 0 Å². The molecule has 1 aliphatic rings. The van der Waals surface area contributed by atoms with Crippen molar-refractivity contribution in [2.45, 2.75) is 45.6 Å². The minimum Gasteiger partial charge on any atom is -0.342 e. The Morgan fingerprint density at radius 2 is 1.95 bits per heavy atom. The number of hydrogen-bond acceptors (Lipinski definition) is 2. The van der Waals surface area contributed by atoms with Crippen LogP contribution in [0.3, 0.4) is 0 Å². The van der Waals surface area contributed by atoms with Crippen LogP contribution in [0.5, 0.6) is 0 Å². The Bertz CT molecular complexity index is 488. The maximum atomic E-state index is 12.4. The van der Waals surface area contributed by atoms with Crippen molar-refractivity contribution in [3.63, 3.8) is 0 Å². The molecule has 2 rings (SSSR count). The fraction of sp³-hybridized carbons (Fsp3) is 0.588. The van der Waals surface area contributed by atoms with E-state index in [1.54, 1.807) is 4.90 Å². The highest BCUT2D eigenvalue weighted by atomic mass is 35.5. The summed E-state index contributed by atoms with van der Waals surface area (Å²) in [6, 6.07) is 6.31. The SMILES string of the molecule is CC(C)C(N)CCN(C)C(=O)c1ccc2c(c1)CCC2.Cl. The van der Waals surface area contributed by atoms with Crippen molar-refractivity contribution < 1.29 is 4.79 Å². The maximum absolute atomic E-state index is 12.4. The molecule has 0 fully saturated rings. The number of carbonyl (C=O) groups excluding carboxylic acids is 1. The number of rotatable bonds is 5. The van der Waals surface area contributed by atoms with Gasteiger partial charge >= 0.3 is 0 Å². The Balaban J connectivity index is 0.00000220. The van der Waals surface area contributed by atoms with E-state index in [4.69, 9.17) is 5.73 Å². The molecule has 0 aromatic heterocycles. The van der Waals surface area contributed by atoms with E-state index in [1.807, 2.05) is 13.1 Å². The third-order valence-corrected chi connectivity index (χ3v) is 4.35. The molecule has 21 heavy (non-hydrogen) atoms. The number of benzene rings is 1. The standard InChI is InChI=1S/C17H26N2O.ClH/c1-12(2)16(18)9-10-19(3)17(20)15-8-7-13-5-4-6-14(13)11-15;/h7-8,11-12,16H,4-6,9-10,18H2,1-3H3;1H. The van der Waals surface area contributed by atoms with Crippen molar-refractivity contribution in [2.75, 3.05) is 13.6 Å². The molecule has 0 heterocycles. The highest BCUT2D eigenvalue weighted by molar-refractivity contribution is 5.94. The summed E-state index contributed by atoms with van der Waals surface area (Å²) in [6.45, 7) is 4.95. The van der Waals surface area contributed by atoms with Gasteiger partial charge in [0.2, 0.25) is 0 Å². The van der Waals surface area contributed by atoms with Crippen molar-refractivity contribution in [2.24, 2.45) is 11.7 Å². The van der Waals surface area contributed by atoms with Gasteiger partial charge in [0.1, 0.15) is 0 Å². The van der Waals surface area contributed by atoms with Gasteiger partial charge in [-0.15, -0.1) is 12.4 Å². The number of carbonyl (C=O) groups is 1. The Morgan fingerprint density at radius 3 is 2.62 bits per heavy atom. The molecular weight excluding hydrogens is 284 g/mol. The molecule has 1 aliphatic carbocycles. The monoisotopic (exact) mass is 310 g/mol. The van der Waals surface area contributed by atoms with Crippen LogP contribution in [0.25, 0.3) is 0 Å². The molecule has 1 aromatic carbocycles. The number of hydrogen-bond donors (Lipinski definition) is 1. The highest BCUT2D eigenvalue weighted by Gasteiger charge is 2.17. The fourth-order valence-electron chi connectivity index (χ4n) is 2.70. The molecule has 0 saturated heterocycles. The lowest BCUT2D eigenvalue weighted by Crippen LogP contribution is -2.34. The van der Waals surface area contributed by atoms with E-state index in [2.05, 4.69) is 26.0 Å². The summed E-state index contributed by atoms with van der Waals surface area (Å²) in [7, 11) is 1.86. The van der Waals surface area contributed by atoms with Crippen LogP contribution in [0, 0.1) is 5.92 Å². The molecular formula is C17H27ClN2O. The zero-order valence-electron chi connectivity index (χ0n) is 13.3. The Labute approximate surface area is 134 Å². The molecule has 1 atom stereocenters. The summed E-state index contributed by atoms with van der Waals surface area (Å²) in [5.41, 5.74) is 9.61. The first kappa shape index (κ1) is 18.0. The largest absolute Gasteiger partial charge is 0.342 e. The summed E-state index contributed by atoms with van der Waals surface area (Å²) >= 11 is 0. The summed E-state index contributed by atoms with van der Waals surface area (Å²) in [6.07, 6.45) is 4.33. The quantitative estimate of drug-likeness (QED) is 0.908. The number of fused-ring (bicyclic) bond motifs is 1. The summed E-state index contributed by atoms with van der Waals surface area (Å²) in [5.74, 6) is 0.564. The van der Waals surface area contributed by atoms with Crippen molar-refractivity contribution in [1.82, 2.24) is 4.90 Å². The smallest absolute Gasteiger partial charge is 0.253 e. The highest BCUT2D eigenvalue weighted by Crippen LogP contribution is 2.23. The van der Waals surface area contributed by atoms with Gasteiger partial charge in [0.25, 0.3) is 5.91 Å². The van der Waals surface area contributed by atoms with E-state index in [-0.39, 0.29) is 24.4 Å². The van der Waals surface area contributed by atoms with E-state index in [1.165, 1.54) is 17.5 Å². The van der Waals surface area contributed by atoms with Crippen LogP contribution < -0.4 is 5.73 Å². The molecule has 1 amide bonds. The van der Waals surface area contributed by atoms with Crippen LogP contribution in [0.4, 0.5) is 0 Å². The second kappa shape index (κ2) is 7.81. The van der Waals surface area contributed by atoms with Crippen molar-refractivity contribution in [3.8, 4) is 0 Å². The van der Waals surface area contributed by atoms with Crippen LogP contribution in [0.1, 0.15) is 48.2 Å². The van der Waals surface area contributed by atoms with E-state index in [9.17, 15) is 4.79 Å². The first-order valence-electron chi connectivity index (χ1n) is 7.62. The lowest BCUT2D eigenvalue weighted by molar-refractivity contribution is 0.0789. The van der Waals surface area contributed by atoms with Gasteiger partial charge in [-0.2, -0.15) is 0 Å². The molecule has 1 unspecified atom stereocenters. The molecule has 0 bridgehead atoms. The lowest BCUT2D eigenvalue weighted by Gasteiger charge is -2.22. The number of nitrogens with zero attached hydrogens (tertiary/aromatic N) is 1. The number of aryl methyl sites for hydroxylation is 2. The molecule has 0 radical (unpaired) electrons. The van der Waals surface area contributed by atoms with Gasteiger partial charge in [-0.1, -0.05) is 19.9 Å². The summed E-state index contributed by atoms with van der Waals surface area (Å²) in [5, 5.41) is 0. The molecule has 0 spiro atoms. The molecule has 1 aromatic rings. The number of halogens is 1. The molecule has 2 N–H and O–H groups in total. The molecule has 118 valence electrons. The first-order chi connectivity index (χ1) is 9.49. The minimum absolute atomic E-state index is 0. The van der Waals surface area contributed by atoms with Crippen molar-refractivity contribution in [3.05, 3.63) is 34.9 Å². The maximum Gasteiger partial charge on any atom is 0.253 e. The minimum atomic E-state index is 0. The topological polar surface area (TPSA) is 46.3 Å². The average Bonchev–Trinajstić information content (AvgIpc) is 2.90.